The zero-order chi connectivity index (χ0) is 26.2. The average molecular weight is 511 g/mol. The monoisotopic (exact) mass is 510 g/mol. The third-order valence-corrected chi connectivity index (χ3v) is 7.19. The number of nitrogens with zero attached hydrogens (tertiary/aromatic N) is 7. The summed E-state index contributed by atoms with van der Waals surface area (Å²) in [6.07, 6.45) is 5.27. The van der Waals surface area contributed by atoms with Crippen molar-refractivity contribution in [1.82, 2.24) is 28.9 Å². The molecule has 38 heavy (non-hydrogen) atoms. The van der Waals surface area contributed by atoms with Crippen molar-refractivity contribution in [2.75, 3.05) is 18.0 Å². The highest BCUT2D eigenvalue weighted by Crippen LogP contribution is 2.22. The molecule has 4 aromatic heterocycles. The van der Waals surface area contributed by atoms with Crippen molar-refractivity contribution < 1.29 is 0 Å². The first-order valence-electron chi connectivity index (χ1n) is 13.0. The Balaban J connectivity index is 1.55. The SMILES string of the molecule is CCn1c(N2CCC[C@@H](N)C2)nc2c(=O)n(Cc3cccnc3)n(Cc3ccc4ccccc4n3)c(=O)c21. The van der Waals surface area contributed by atoms with Crippen LogP contribution in [0.25, 0.3) is 21.9 Å². The van der Waals surface area contributed by atoms with E-state index in [0.717, 1.165) is 35.9 Å². The number of hydrogen-bond donors (Lipinski definition) is 1. The van der Waals surface area contributed by atoms with E-state index in [0.29, 0.717) is 30.2 Å². The summed E-state index contributed by atoms with van der Waals surface area (Å²) in [5, 5.41) is 1.01. The molecule has 1 fully saturated rings. The summed E-state index contributed by atoms with van der Waals surface area (Å²) in [5.41, 5.74) is 8.48. The number of nitrogens with two attached hydrogens (primary N) is 1. The number of aryl methyl sites for hydroxylation is 1. The smallest absolute Gasteiger partial charge is 0.293 e. The van der Waals surface area contributed by atoms with Crippen LogP contribution >= 0.6 is 0 Å². The van der Waals surface area contributed by atoms with E-state index in [4.69, 9.17) is 15.7 Å². The summed E-state index contributed by atoms with van der Waals surface area (Å²) in [6, 6.07) is 15.5. The third kappa shape index (κ3) is 4.26. The number of piperidine rings is 1. The minimum absolute atomic E-state index is 0.0340. The fraction of sp³-hybridized carbons (Fsp3) is 0.321. The zero-order valence-corrected chi connectivity index (χ0v) is 21.3. The lowest BCUT2D eigenvalue weighted by Gasteiger charge is -2.31. The summed E-state index contributed by atoms with van der Waals surface area (Å²) >= 11 is 0. The van der Waals surface area contributed by atoms with Crippen molar-refractivity contribution in [3.63, 3.8) is 0 Å². The second kappa shape index (κ2) is 9.86. The fourth-order valence-electron chi connectivity index (χ4n) is 5.33. The number of imidazole rings is 1. The van der Waals surface area contributed by atoms with E-state index in [-0.39, 0.29) is 35.8 Å². The van der Waals surface area contributed by atoms with Crippen molar-refractivity contribution in [1.29, 1.82) is 0 Å². The molecule has 6 rings (SSSR count). The Morgan fingerprint density at radius 1 is 0.974 bits per heavy atom. The highest BCUT2D eigenvalue weighted by molar-refractivity contribution is 5.79. The van der Waals surface area contributed by atoms with Crippen LogP contribution in [-0.4, -0.2) is 48.0 Å². The Morgan fingerprint density at radius 2 is 1.82 bits per heavy atom. The Morgan fingerprint density at radius 3 is 2.61 bits per heavy atom. The van der Waals surface area contributed by atoms with Crippen LogP contribution in [0.1, 0.15) is 31.0 Å². The van der Waals surface area contributed by atoms with Crippen LogP contribution in [0.4, 0.5) is 5.95 Å². The van der Waals surface area contributed by atoms with Gasteiger partial charge in [-0.15, -0.1) is 0 Å². The lowest BCUT2D eigenvalue weighted by molar-refractivity contribution is 0.466. The number of rotatable bonds is 6. The van der Waals surface area contributed by atoms with E-state index in [9.17, 15) is 9.59 Å². The standard InChI is InChI=1S/C28H30N8O2/c1-2-34-25-24(32-28(34)33-14-6-9-21(29)17-33)26(37)35(16-19-7-5-13-30-15-19)36(27(25)38)18-22-12-11-20-8-3-4-10-23(20)31-22/h3-5,7-8,10-13,15,21H,2,6,9,14,16-18,29H2,1H3/t21-/m1/s1. The molecular formula is C28H30N8O2. The van der Waals surface area contributed by atoms with E-state index in [2.05, 4.69) is 9.88 Å². The van der Waals surface area contributed by atoms with E-state index in [1.807, 2.05) is 60.0 Å². The van der Waals surface area contributed by atoms with Gasteiger partial charge in [-0.1, -0.05) is 30.3 Å². The molecular weight excluding hydrogens is 480 g/mol. The van der Waals surface area contributed by atoms with Gasteiger partial charge in [-0.25, -0.2) is 14.3 Å². The van der Waals surface area contributed by atoms with Crippen LogP contribution in [0.2, 0.25) is 0 Å². The number of benzene rings is 1. The largest absolute Gasteiger partial charge is 0.341 e. The van der Waals surface area contributed by atoms with Crippen LogP contribution in [0.3, 0.4) is 0 Å². The van der Waals surface area contributed by atoms with Crippen molar-refractivity contribution in [3.8, 4) is 0 Å². The molecule has 0 unspecified atom stereocenters. The topological polar surface area (TPSA) is 117 Å². The summed E-state index contributed by atoms with van der Waals surface area (Å²) in [7, 11) is 0. The second-order valence-corrected chi connectivity index (χ2v) is 9.78. The van der Waals surface area contributed by atoms with Crippen LogP contribution in [0.15, 0.2) is 70.5 Å². The number of fused-ring (bicyclic) bond motifs is 2. The van der Waals surface area contributed by atoms with E-state index >= 15 is 0 Å². The van der Waals surface area contributed by atoms with Gasteiger partial charge in [0.2, 0.25) is 5.95 Å². The van der Waals surface area contributed by atoms with Gasteiger partial charge >= 0.3 is 0 Å². The predicted molar refractivity (Wildman–Crippen MR) is 148 cm³/mol. The number of anilines is 1. The first-order chi connectivity index (χ1) is 18.5. The molecule has 1 saturated heterocycles. The number of para-hydroxylation sites is 1. The number of pyridine rings is 2. The maximum Gasteiger partial charge on any atom is 0.293 e. The number of aromatic nitrogens is 6. The van der Waals surface area contributed by atoms with Gasteiger partial charge in [0.25, 0.3) is 11.1 Å². The molecule has 0 radical (unpaired) electrons. The van der Waals surface area contributed by atoms with Crippen LogP contribution in [0, 0.1) is 0 Å². The molecule has 10 nitrogen and oxygen atoms in total. The van der Waals surface area contributed by atoms with Gasteiger partial charge in [0.15, 0.2) is 5.52 Å². The van der Waals surface area contributed by atoms with E-state index in [1.165, 1.54) is 9.36 Å². The lowest BCUT2D eigenvalue weighted by Crippen LogP contribution is -2.44. The molecule has 194 valence electrons. The van der Waals surface area contributed by atoms with E-state index in [1.54, 1.807) is 12.4 Å². The van der Waals surface area contributed by atoms with Gasteiger partial charge in [0.1, 0.15) is 5.52 Å². The van der Waals surface area contributed by atoms with Crippen molar-refractivity contribution in [2.24, 2.45) is 5.73 Å². The molecule has 5 aromatic rings. The van der Waals surface area contributed by atoms with E-state index < -0.39 is 0 Å². The van der Waals surface area contributed by atoms with Gasteiger partial charge < -0.3 is 15.2 Å². The van der Waals surface area contributed by atoms with Crippen LogP contribution in [-0.2, 0) is 19.6 Å². The molecule has 1 aromatic carbocycles. The van der Waals surface area contributed by atoms with Crippen LogP contribution in [0.5, 0.6) is 0 Å². The second-order valence-electron chi connectivity index (χ2n) is 9.78. The minimum Gasteiger partial charge on any atom is -0.341 e. The number of hydrogen-bond acceptors (Lipinski definition) is 7. The summed E-state index contributed by atoms with van der Waals surface area (Å²) < 4.78 is 4.82. The Labute approximate surface area is 219 Å². The van der Waals surface area contributed by atoms with Gasteiger partial charge in [-0.3, -0.25) is 19.6 Å². The highest BCUT2D eigenvalue weighted by Gasteiger charge is 2.26. The highest BCUT2D eigenvalue weighted by atomic mass is 16.2. The lowest BCUT2D eigenvalue weighted by atomic mass is 10.1. The molecule has 0 bridgehead atoms. The quantitative estimate of drug-likeness (QED) is 0.373. The van der Waals surface area contributed by atoms with Crippen molar-refractivity contribution >= 4 is 27.9 Å². The molecule has 1 aliphatic rings. The normalized spacial score (nSPS) is 15.9. The van der Waals surface area contributed by atoms with Gasteiger partial charge in [0.05, 0.1) is 24.3 Å². The molecule has 0 amide bonds. The Bertz CT molecular complexity index is 1740. The average Bonchev–Trinajstić information content (AvgIpc) is 3.34. The molecule has 0 spiro atoms. The molecule has 0 aliphatic carbocycles. The maximum absolute atomic E-state index is 14.2. The fourth-order valence-corrected chi connectivity index (χ4v) is 5.33. The molecule has 2 N–H and O–H groups in total. The zero-order valence-electron chi connectivity index (χ0n) is 21.3. The molecule has 10 heteroatoms. The third-order valence-electron chi connectivity index (χ3n) is 7.19. The Hall–Kier alpha value is -4.31. The molecule has 1 aliphatic heterocycles. The summed E-state index contributed by atoms with van der Waals surface area (Å²) in [4.78, 5) is 43.9. The first kappa shape index (κ1) is 24.1. The van der Waals surface area contributed by atoms with Gasteiger partial charge in [0, 0.05) is 43.5 Å². The molecule has 5 heterocycles. The maximum atomic E-state index is 14.2. The van der Waals surface area contributed by atoms with Crippen molar-refractivity contribution in [3.05, 3.63) is 92.9 Å². The Kier molecular flexibility index (Phi) is 6.24. The van der Waals surface area contributed by atoms with Crippen molar-refractivity contribution in [2.45, 2.75) is 45.4 Å². The van der Waals surface area contributed by atoms with Gasteiger partial charge in [-0.05, 0) is 43.5 Å². The molecule has 0 saturated carbocycles. The predicted octanol–water partition coefficient (Wildman–Crippen LogP) is 2.35. The first-order valence-corrected chi connectivity index (χ1v) is 13.0. The summed E-state index contributed by atoms with van der Waals surface area (Å²) in [5.74, 6) is 0.626. The van der Waals surface area contributed by atoms with Crippen LogP contribution < -0.4 is 21.8 Å². The molecule has 1 atom stereocenters. The minimum atomic E-state index is -0.320. The van der Waals surface area contributed by atoms with Gasteiger partial charge in [-0.2, -0.15) is 0 Å². The summed E-state index contributed by atoms with van der Waals surface area (Å²) in [6.45, 7) is 4.23.